The smallest absolute Gasteiger partial charge is 0.0309 e. The van der Waals surface area contributed by atoms with Gasteiger partial charge in [-0.1, -0.05) is 11.6 Å². The summed E-state index contributed by atoms with van der Waals surface area (Å²) in [5.41, 5.74) is 2.05. The highest BCUT2D eigenvalue weighted by Gasteiger charge is 2.47. The van der Waals surface area contributed by atoms with Crippen LogP contribution in [0, 0.1) is 5.92 Å². The van der Waals surface area contributed by atoms with E-state index in [1.165, 1.54) is 25.0 Å². The van der Waals surface area contributed by atoms with E-state index in [1.807, 2.05) is 0 Å². The van der Waals surface area contributed by atoms with E-state index in [1.54, 1.807) is 0 Å². The van der Waals surface area contributed by atoms with Crippen molar-refractivity contribution < 1.29 is 0 Å². The molecule has 0 radical (unpaired) electrons. The molecule has 1 atom stereocenters. The van der Waals surface area contributed by atoms with Gasteiger partial charge in [0.05, 0.1) is 0 Å². The molecule has 0 amide bonds. The first-order valence-electron chi connectivity index (χ1n) is 6.97. The second kappa shape index (κ2) is 4.40. The van der Waals surface area contributed by atoms with E-state index in [4.69, 9.17) is 0 Å². The van der Waals surface area contributed by atoms with Gasteiger partial charge in [0.2, 0.25) is 0 Å². The monoisotopic (exact) mass is 236 g/mol. The fourth-order valence-corrected chi connectivity index (χ4v) is 2.79. The molecule has 1 heterocycles. The average molecular weight is 236 g/mol. The summed E-state index contributed by atoms with van der Waals surface area (Å²) in [5, 5.41) is 3.80. The summed E-state index contributed by atoms with van der Waals surface area (Å²) < 4.78 is 0. The van der Waals surface area contributed by atoms with Crippen LogP contribution in [-0.2, 0) is 0 Å². The second-order valence-corrected chi connectivity index (χ2v) is 7.02. The minimum atomic E-state index is 0.278. The lowest BCUT2D eigenvalue weighted by molar-refractivity contribution is 0.0339. The number of piperazine rings is 1. The molecule has 0 aromatic heterocycles. The molecule has 2 fully saturated rings. The SMILES string of the molecule is CC(C)=CCN1CC(C)(C2CC2)NCC1(C)C. The van der Waals surface area contributed by atoms with Gasteiger partial charge in [-0.05, 0) is 53.4 Å². The molecule has 1 unspecified atom stereocenters. The number of nitrogens with one attached hydrogen (secondary N) is 1. The van der Waals surface area contributed by atoms with E-state index in [0.717, 1.165) is 19.0 Å². The molecule has 0 bridgehead atoms. The molecule has 17 heavy (non-hydrogen) atoms. The molecule has 1 N–H and O–H groups in total. The van der Waals surface area contributed by atoms with Crippen molar-refractivity contribution in [2.45, 2.75) is 58.5 Å². The molecular weight excluding hydrogens is 208 g/mol. The first kappa shape index (κ1) is 13.1. The summed E-state index contributed by atoms with van der Waals surface area (Å²) in [6.45, 7) is 14.9. The van der Waals surface area contributed by atoms with Crippen LogP contribution in [-0.4, -0.2) is 35.6 Å². The highest BCUT2D eigenvalue weighted by Crippen LogP contribution is 2.42. The van der Waals surface area contributed by atoms with E-state index in [-0.39, 0.29) is 5.54 Å². The van der Waals surface area contributed by atoms with Gasteiger partial charge in [0.15, 0.2) is 0 Å². The van der Waals surface area contributed by atoms with Crippen LogP contribution in [0.2, 0.25) is 0 Å². The number of hydrogen-bond acceptors (Lipinski definition) is 2. The Balaban J connectivity index is 2.06. The van der Waals surface area contributed by atoms with Crippen LogP contribution < -0.4 is 5.32 Å². The summed E-state index contributed by atoms with van der Waals surface area (Å²) in [7, 11) is 0. The van der Waals surface area contributed by atoms with Crippen LogP contribution in [0.1, 0.15) is 47.5 Å². The molecule has 1 saturated carbocycles. The average Bonchev–Trinajstić information content (AvgIpc) is 3.03. The zero-order valence-corrected chi connectivity index (χ0v) is 12.1. The van der Waals surface area contributed by atoms with Crippen molar-refractivity contribution >= 4 is 0 Å². The predicted octanol–water partition coefficient (Wildman–Crippen LogP) is 2.81. The highest BCUT2D eigenvalue weighted by molar-refractivity contribution is 5.08. The lowest BCUT2D eigenvalue weighted by atomic mass is 9.86. The van der Waals surface area contributed by atoms with Crippen LogP contribution in [0.5, 0.6) is 0 Å². The number of rotatable bonds is 3. The van der Waals surface area contributed by atoms with Crippen molar-refractivity contribution in [2.24, 2.45) is 5.92 Å². The number of nitrogens with zero attached hydrogens (tertiary/aromatic N) is 1. The third-order valence-electron chi connectivity index (χ3n) is 4.50. The van der Waals surface area contributed by atoms with Gasteiger partial charge in [-0.2, -0.15) is 0 Å². The Morgan fingerprint density at radius 1 is 1.29 bits per heavy atom. The van der Waals surface area contributed by atoms with Crippen LogP contribution >= 0.6 is 0 Å². The van der Waals surface area contributed by atoms with Crippen molar-refractivity contribution in [3.05, 3.63) is 11.6 Å². The molecule has 1 saturated heterocycles. The summed E-state index contributed by atoms with van der Waals surface area (Å²) >= 11 is 0. The quantitative estimate of drug-likeness (QED) is 0.758. The van der Waals surface area contributed by atoms with Gasteiger partial charge in [0.1, 0.15) is 0 Å². The van der Waals surface area contributed by atoms with Crippen molar-refractivity contribution in [2.75, 3.05) is 19.6 Å². The third-order valence-corrected chi connectivity index (χ3v) is 4.50. The molecular formula is C15H28N2. The fraction of sp³-hybridized carbons (Fsp3) is 0.867. The van der Waals surface area contributed by atoms with Crippen LogP contribution in [0.15, 0.2) is 11.6 Å². The minimum Gasteiger partial charge on any atom is -0.308 e. The topological polar surface area (TPSA) is 15.3 Å². The second-order valence-electron chi connectivity index (χ2n) is 7.02. The Labute approximate surface area is 106 Å². The Morgan fingerprint density at radius 2 is 1.94 bits per heavy atom. The van der Waals surface area contributed by atoms with E-state index < -0.39 is 0 Å². The van der Waals surface area contributed by atoms with Crippen molar-refractivity contribution in [3.8, 4) is 0 Å². The highest BCUT2D eigenvalue weighted by atomic mass is 15.3. The standard InChI is InChI=1S/C15H28N2/c1-12(2)8-9-17-11-15(5,13-6-7-13)16-10-14(17,3)4/h8,13,16H,6-7,9-11H2,1-5H3. The van der Waals surface area contributed by atoms with Crippen LogP contribution in [0.3, 0.4) is 0 Å². The van der Waals surface area contributed by atoms with Gasteiger partial charge in [-0.15, -0.1) is 0 Å². The summed E-state index contributed by atoms with van der Waals surface area (Å²) in [5.74, 6) is 0.910. The van der Waals surface area contributed by atoms with Crippen molar-refractivity contribution in [1.82, 2.24) is 10.2 Å². The molecule has 2 rings (SSSR count). The third kappa shape index (κ3) is 2.92. The molecule has 0 aromatic rings. The molecule has 1 aliphatic heterocycles. The van der Waals surface area contributed by atoms with Crippen molar-refractivity contribution in [3.63, 3.8) is 0 Å². The van der Waals surface area contributed by atoms with Gasteiger partial charge in [0.25, 0.3) is 0 Å². The first-order valence-corrected chi connectivity index (χ1v) is 6.97. The zero-order chi connectivity index (χ0) is 12.7. The molecule has 0 spiro atoms. The molecule has 2 nitrogen and oxygen atoms in total. The molecule has 2 aliphatic rings. The van der Waals surface area contributed by atoms with E-state index in [9.17, 15) is 0 Å². The Kier molecular flexibility index (Phi) is 3.39. The lowest BCUT2D eigenvalue weighted by Gasteiger charge is -2.51. The maximum Gasteiger partial charge on any atom is 0.0309 e. The number of hydrogen-bond donors (Lipinski definition) is 1. The molecule has 0 aromatic carbocycles. The molecule has 1 aliphatic carbocycles. The van der Waals surface area contributed by atoms with Gasteiger partial charge in [-0.3, -0.25) is 4.90 Å². The Bertz CT molecular complexity index is 311. The summed E-state index contributed by atoms with van der Waals surface area (Å²) in [4.78, 5) is 2.65. The maximum atomic E-state index is 3.80. The lowest BCUT2D eigenvalue weighted by Crippen LogP contribution is -2.67. The number of allylic oxidation sites excluding steroid dienone is 1. The van der Waals surface area contributed by atoms with E-state index >= 15 is 0 Å². The minimum absolute atomic E-state index is 0.278. The molecule has 98 valence electrons. The Hall–Kier alpha value is -0.340. The first-order chi connectivity index (χ1) is 7.83. The van der Waals surface area contributed by atoms with Gasteiger partial charge in [0, 0.05) is 30.7 Å². The van der Waals surface area contributed by atoms with Gasteiger partial charge >= 0.3 is 0 Å². The van der Waals surface area contributed by atoms with Crippen LogP contribution in [0.4, 0.5) is 0 Å². The summed E-state index contributed by atoms with van der Waals surface area (Å²) in [6.07, 6.45) is 5.20. The van der Waals surface area contributed by atoms with E-state index in [0.29, 0.717) is 5.54 Å². The van der Waals surface area contributed by atoms with Gasteiger partial charge < -0.3 is 5.32 Å². The van der Waals surface area contributed by atoms with Crippen LogP contribution in [0.25, 0.3) is 0 Å². The van der Waals surface area contributed by atoms with Crippen molar-refractivity contribution in [1.29, 1.82) is 0 Å². The zero-order valence-electron chi connectivity index (χ0n) is 12.1. The summed E-state index contributed by atoms with van der Waals surface area (Å²) in [6, 6.07) is 0. The largest absolute Gasteiger partial charge is 0.308 e. The fourth-order valence-electron chi connectivity index (χ4n) is 2.79. The van der Waals surface area contributed by atoms with Gasteiger partial charge in [-0.25, -0.2) is 0 Å². The predicted molar refractivity (Wildman–Crippen MR) is 74.2 cm³/mol. The molecule has 2 heteroatoms. The maximum absolute atomic E-state index is 3.80. The van der Waals surface area contributed by atoms with E-state index in [2.05, 4.69) is 50.9 Å². The normalized spacial score (nSPS) is 33.5. The Morgan fingerprint density at radius 3 is 2.47 bits per heavy atom.